The first-order chi connectivity index (χ1) is 23.7. The highest BCUT2D eigenvalue weighted by molar-refractivity contribution is 6.13. The highest BCUT2D eigenvalue weighted by atomic mass is 16.5. The first-order valence-electron chi connectivity index (χ1n) is 17.2. The quantitative estimate of drug-likeness (QED) is 0.183. The number of ether oxygens (including phenoxy) is 1. The molecule has 4 nitrogen and oxygen atoms in total. The number of hydrogen-bond donors (Lipinski definition) is 0. The van der Waals surface area contributed by atoms with Crippen molar-refractivity contribution in [3.05, 3.63) is 155 Å². The van der Waals surface area contributed by atoms with Gasteiger partial charge in [-0.2, -0.15) is 0 Å². The number of fused-ring (bicyclic) bond motifs is 14. The van der Waals surface area contributed by atoms with E-state index in [1.54, 1.807) is 5.57 Å². The zero-order valence-corrected chi connectivity index (χ0v) is 26.9. The molecule has 0 fully saturated rings. The van der Waals surface area contributed by atoms with Crippen molar-refractivity contribution in [1.82, 2.24) is 9.55 Å². The van der Waals surface area contributed by atoms with Crippen molar-refractivity contribution in [1.29, 1.82) is 0 Å². The Morgan fingerprint density at radius 1 is 0.688 bits per heavy atom. The van der Waals surface area contributed by atoms with E-state index in [1.165, 1.54) is 61.7 Å². The Kier molecular flexibility index (Phi) is 5.10. The second kappa shape index (κ2) is 9.26. The van der Waals surface area contributed by atoms with Gasteiger partial charge in [0.05, 0.1) is 33.5 Å². The van der Waals surface area contributed by atoms with E-state index in [0.717, 1.165) is 35.0 Å². The molecular formula is C44H33N3O. The first kappa shape index (κ1) is 26.5. The van der Waals surface area contributed by atoms with Crippen LogP contribution in [-0.2, 0) is 5.41 Å². The number of anilines is 3. The van der Waals surface area contributed by atoms with Gasteiger partial charge in [0, 0.05) is 34.4 Å². The third kappa shape index (κ3) is 3.09. The lowest BCUT2D eigenvalue weighted by Crippen LogP contribution is -2.37. The number of benzene rings is 5. The Labute approximate surface area is 279 Å². The van der Waals surface area contributed by atoms with E-state index < -0.39 is 5.41 Å². The predicted octanol–water partition coefficient (Wildman–Crippen LogP) is 11.2. The lowest BCUT2D eigenvalue weighted by atomic mass is 9.60. The third-order valence-electron chi connectivity index (χ3n) is 11.5. The maximum Gasteiger partial charge on any atom is 0.152 e. The number of nitrogens with zero attached hydrogens (tertiary/aromatic N) is 3. The number of para-hydroxylation sites is 5. The minimum absolute atomic E-state index is 0.400. The van der Waals surface area contributed by atoms with Gasteiger partial charge in [0.25, 0.3) is 0 Å². The Morgan fingerprint density at radius 3 is 2.33 bits per heavy atom. The standard InChI is InChI=1S/C44H33N3O/c1-26-24-27(2)41-31(25-26)40-33(18-19-39-43(40)46(28-20-22-45-23-21-28)37-16-7-8-17-38(37)48-39)44(41)32-12-4-6-15-36(32)47-35-14-5-3-10-29(35)30-11-9-13-34(44)42(30)47/h3-23,26-27H,24-25H2,1-2H3. The van der Waals surface area contributed by atoms with Crippen LogP contribution in [0.4, 0.5) is 17.1 Å². The Bertz CT molecular complexity index is 2540. The summed E-state index contributed by atoms with van der Waals surface area (Å²) in [6.45, 7) is 4.91. The van der Waals surface area contributed by atoms with E-state index in [9.17, 15) is 0 Å². The number of aromatic nitrogens is 2. The molecule has 0 saturated carbocycles. The molecule has 3 atom stereocenters. The zero-order valence-electron chi connectivity index (χ0n) is 26.9. The van der Waals surface area contributed by atoms with E-state index in [4.69, 9.17) is 4.74 Å². The first-order valence-corrected chi connectivity index (χ1v) is 17.2. The fourth-order valence-corrected chi connectivity index (χ4v) is 10.0. The minimum atomic E-state index is -0.430. The lowest BCUT2D eigenvalue weighted by Gasteiger charge is -2.44. The van der Waals surface area contributed by atoms with Gasteiger partial charge in [0.2, 0.25) is 0 Å². The predicted molar refractivity (Wildman–Crippen MR) is 194 cm³/mol. The van der Waals surface area contributed by atoms with Crippen LogP contribution in [0.3, 0.4) is 0 Å². The molecule has 4 heterocycles. The van der Waals surface area contributed by atoms with Crippen LogP contribution in [0.15, 0.2) is 133 Å². The summed E-state index contributed by atoms with van der Waals surface area (Å²) in [5.74, 6) is 2.74. The smallest absolute Gasteiger partial charge is 0.152 e. The van der Waals surface area contributed by atoms with Gasteiger partial charge in [-0.05, 0) is 95.0 Å². The molecule has 0 bridgehead atoms. The third-order valence-corrected chi connectivity index (χ3v) is 11.5. The van der Waals surface area contributed by atoms with E-state index in [1.807, 2.05) is 12.4 Å². The fourth-order valence-electron chi connectivity index (χ4n) is 10.0. The summed E-state index contributed by atoms with van der Waals surface area (Å²) in [5.41, 5.74) is 15.2. The maximum absolute atomic E-state index is 6.80. The molecule has 7 aromatic rings. The summed E-state index contributed by atoms with van der Waals surface area (Å²) in [7, 11) is 0. The lowest BCUT2D eigenvalue weighted by molar-refractivity contribution is 0.416. The van der Waals surface area contributed by atoms with Crippen molar-refractivity contribution in [2.45, 2.75) is 32.1 Å². The Balaban J connectivity index is 1.33. The van der Waals surface area contributed by atoms with Crippen molar-refractivity contribution in [3.8, 4) is 17.2 Å². The van der Waals surface area contributed by atoms with E-state index >= 15 is 0 Å². The summed E-state index contributed by atoms with van der Waals surface area (Å²) in [6.07, 6.45) is 6.00. The second-order valence-corrected chi connectivity index (χ2v) is 14.1. The SMILES string of the molecule is CC1CC2=C(C(C)C1)C1(c3ccccc3-n3c4ccccc4c4cccc1c43)c1ccc3c(c12)N(c1ccncc1)c1ccccc1O3. The summed E-state index contributed by atoms with van der Waals surface area (Å²) >= 11 is 0. The van der Waals surface area contributed by atoms with Crippen LogP contribution in [0.1, 0.15) is 48.9 Å². The molecule has 0 saturated heterocycles. The van der Waals surface area contributed by atoms with Crippen LogP contribution in [-0.4, -0.2) is 9.55 Å². The molecule has 2 aliphatic heterocycles. The van der Waals surface area contributed by atoms with Crippen LogP contribution in [0, 0.1) is 11.8 Å². The van der Waals surface area contributed by atoms with Gasteiger partial charge in [0.1, 0.15) is 0 Å². The Hall–Kier alpha value is -5.61. The average Bonchev–Trinajstić information content (AvgIpc) is 3.62. The van der Waals surface area contributed by atoms with Crippen LogP contribution < -0.4 is 9.64 Å². The average molecular weight is 620 g/mol. The molecular weight excluding hydrogens is 587 g/mol. The number of pyridine rings is 1. The van der Waals surface area contributed by atoms with Crippen LogP contribution in [0.2, 0.25) is 0 Å². The van der Waals surface area contributed by atoms with E-state index in [0.29, 0.717) is 11.8 Å². The largest absolute Gasteiger partial charge is 0.453 e. The molecule has 5 aromatic carbocycles. The summed E-state index contributed by atoms with van der Waals surface area (Å²) < 4.78 is 9.34. The molecule has 0 radical (unpaired) electrons. The van der Waals surface area contributed by atoms with Gasteiger partial charge in [-0.1, -0.05) is 86.6 Å². The van der Waals surface area contributed by atoms with Crippen molar-refractivity contribution in [3.63, 3.8) is 0 Å². The van der Waals surface area contributed by atoms with E-state index in [2.05, 4.69) is 144 Å². The topological polar surface area (TPSA) is 30.3 Å². The van der Waals surface area contributed by atoms with Gasteiger partial charge in [-0.25, -0.2) is 0 Å². The zero-order chi connectivity index (χ0) is 31.7. The maximum atomic E-state index is 6.80. The molecule has 4 aliphatic rings. The van der Waals surface area contributed by atoms with Gasteiger partial charge >= 0.3 is 0 Å². The summed E-state index contributed by atoms with van der Waals surface area (Å²) in [6, 6.07) is 42.4. The van der Waals surface area contributed by atoms with E-state index in [-0.39, 0.29) is 0 Å². The monoisotopic (exact) mass is 619 g/mol. The number of rotatable bonds is 1. The van der Waals surface area contributed by atoms with Crippen molar-refractivity contribution in [2.24, 2.45) is 11.8 Å². The van der Waals surface area contributed by atoms with Crippen molar-refractivity contribution in [2.75, 3.05) is 4.90 Å². The van der Waals surface area contributed by atoms with Gasteiger partial charge in [-0.15, -0.1) is 0 Å². The van der Waals surface area contributed by atoms with Crippen molar-refractivity contribution < 1.29 is 4.74 Å². The molecule has 1 spiro atoms. The number of allylic oxidation sites excluding steroid dienone is 2. The molecule has 48 heavy (non-hydrogen) atoms. The Morgan fingerprint density at radius 2 is 1.44 bits per heavy atom. The molecule has 2 aromatic heterocycles. The molecule has 0 amide bonds. The normalized spacial score (nSPS) is 21.5. The second-order valence-electron chi connectivity index (χ2n) is 14.1. The fraction of sp³-hybridized carbons (Fsp3) is 0.159. The molecule has 11 rings (SSSR count). The van der Waals surface area contributed by atoms with Crippen LogP contribution >= 0.6 is 0 Å². The number of hydrogen-bond acceptors (Lipinski definition) is 3. The van der Waals surface area contributed by atoms with Crippen molar-refractivity contribution >= 4 is 44.4 Å². The molecule has 230 valence electrons. The summed E-state index contributed by atoms with van der Waals surface area (Å²) in [4.78, 5) is 6.82. The van der Waals surface area contributed by atoms with Crippen LogP contribution in [0.25, 0.3) is 33.1 Å². The van der Waals surface area contributed by atoms with Gasteiger partial charge < -0.3 is 14.2 Å². The molecule has 2 aliphatic carbocycles. The minimum Gasteiger partial charge on any atom is -0.453 e. The molecule has 3 unspecified atom stereocenters. The van der Waals surface area contributed by atoms with Gasteiger partial charge in [0.15, 0.2) is 11.5 Å². The highest BCUT2D eigenvalue weighted by Gasteiger charge is 2.56. The van der Waals surface area contributed by atoms with Crippen LogP contribution in [0.5, 0.6) is 11.5 Å². The highest BCUT2D eigenvalue weighted by Crippen LogP contribution is 2.67. The summed E-state index contributed by atoms with van der Waals surface area (Å²) in [5, 5.41) is 2.62. The molecule has 0 N–H and O–H groups in total. The molecule has 4 heteroatoms. The van der Waals surface area contributed by atoms with Gasteiger partial charge in [-0.3, -0.25) is 4.98 Å².